The van der Waals surface area contributed by atoms with E-state index in [1.807, 2.05) is 60.7 Å². The van der Waals surface area contributed by atoms with Crippen LogP contribution in [0.15, 0.2) is 180 Å². The normalized spacial score (nSPS) is 11.5. The lowest BCUT2D eigenvalue weighted by Gasteiger charge is -2.11. The second kappa shape index (κ2) is 11.9. The van der Waals surface area contributed by atoms with Gasteiger partial charge in [0.15, 0.2) is 17.5 Å². The van der Waals surface area contributed by atoms with Gasteiger partial charge in [0.2, 0.25) is 0 Å². The van der Waals surface area contributed by atoms with Gasteiger partial charge >= 0.3 is 0 Å². The topological polar surface area (TPSA) is 51.8 Å². The number of benzene rings is 8. The minimum Gasteiger partial charge on any atom is -0.456 e. The van der Waals surface area contributed by atoms with Crippen LogP contribution < -0.4 is 0 Å². The molecule has 51 heavy (non-hydrogen) atoms. The van der Waals surface area contributed by atoms with E-state index in [2.05, 4.69) is 115 Å². The van der Waals surface area contributed by atoms with Crippen molar-refractivity contribution in [1.82, 2.24) is 15.0 Å². The Kier molecular flexibility index (Phi) is 6.78. The quantitative estimate of drug-likeness (QED) is 0.186. The molecule has 0 bridgehead atoms. The van der Waals surface area contributed by atoms with Crippen LogP contribution >= 0.6 is 0 Å². The van der Waals surface area contributed by atoms with Crippen LogP contribution in [0, 0.1) is 0 Å². The summed E-state index contributed by atoms with van der Waals surface area (Å²) in [5.74, 6) is 1.87. The molecule has 8 aromatic carbocycles. The van der Waals surface area contributed by atoms with E-state index in [9.17, 15) is 0 Å². The van der Waals surface area contributed by atoms with Crippen LogP contribution in [-0.2, 0) is 0 Å². The minimum absolute atomic E-state index is 0.615. The summed E-state index contributed by atoms with van der Waals surface area (Å²) in [4.78, 5) is 15.0. The first kappa shape index (κ1) is 29.0. The van der Waals surface area contributed by atoms with Crippen molar-refractivity contribution >= 4 is 43.5 Å². The standard InChI is InChI=1S/C47H29N3O/c1-2-10-31(11-3-1)45-48-46(50-47(49-45)40-23-24-44-42(29-40)41-15-6-7-16-43(41)51-44)39-14-8-13-33(28-39)34-19-20-38-27-37(22-21-36(38)26-34)35-18-17-30-9-4-5-12-32(30)25-35/h1-29H. The SMILES string of the molecule is c1ccc(-c2nc(-c3cccc(-c4ccc5cc(-c6ccc7ccccc7c6)ccc5c4)c3)nc(-c3ccc4oc5ccccc5c4c3)n2)cc1. The Balaban J connectivity index is 1.04. The second-order valence-corrected chi connectivity index (χ2v) is 12.9. The molecule has 0 aliphatic heterocycles. The van der Waals surface area contributed by atoms with E-state index in [4.69, 9.17) is 19.4 Å². The van der Waals surface area contributed by atoms with Crippen molar-refractivity contribution in [1.29, 1.82) is 0 Å². The molecule has 4 heteroatoms. The van der Waals surface area contributed by atoms with Crippen LogP contribution in [0.3, 0.4) is 0 Å². The third-order valence-corrected chi connectivity index (χ3v) is 9.68. The number of rotatable bonds is 5. The van der Waals surface area contributed by atoms with Crippen LogP contribution in [0.25, 0.3) is 99.9 Å². The summed E-state index contributed by atoms with van der Waals surface area (Å²) in [6.45, 7) is 0. The molecule has 2 heterocycles. The molecule has 0 fully saturated rings. The molecule has 0 N–H and O–H groups in total. The minimum atomic E-state index is 0.615. The van der Waals surface area contributed by atoms with Gasteiger partial charge < -0.3 is 4.42 Å². The van der Waals surface area contributed by atoms with Crippen molar-refractivity contribution in [2.24, 2.45) is 0 Å². The highest BCUT2D eigenvalue weighted by molar-refractivity contribution is 6.06. The Morgan fingerprint density at radius 1 is 0.275 bits per heavy atom. The number of hydrogen-bond donors (Lipinski definition) is 0. The molecule has 0 aliphatic carbocycles. The van der Waals surface area contributed by atoms with Crippen LogP contribution in [0.2, 0.25) is 0 Å². The van der Waals surface area contributed by atoms with E-state index in [0.29, 0.717) is 17.5 Å². The largest absolute Gasteiger partial charge is 0.456 e. The molecule has 0 saturated heterocycles. The van der Waals surface area contributed by atoms with Crippen molar-refractivity contribution in [2.45, 2.75) is 0 Å². The van der Waals surface area contributed by atoms with E-state index in [1.165, 1.54) is 32.7 Å². The summed E-state index contributed by atoms with van der Waals surface area (Å²) in [5, 5.41) is 7.01. The fraction of sp³-hybridized carbons (Fsp3) is 0. The van der Waals surface area contributed by atoms with Crippen LogP contribution in [0.4, 0.5) is 0 Å². The molecule has 2 aromatic heterocycles. The third-order valence-electron chi connectivity index (χ3n) is 9.68. The molecule has 0 saturated carbocycles. The first-order chi connectivity index (χ1) is 25.2. The van der Waals surface area contributed by atoms with Gasteiger partial charge in [-0.05, 0) is 92.3 Å². The van der Waals surface area contributed by atoms with Gasteiger partial charge in [-0.2, -0.15) is 0 Å². The molecule has 4 nitrogen and oxygen atoms in total. The lowest BCUT2D eigenvalue weighted by Crippen LogP contribution is -2.00. The van der Waals surface area contributed by atoms with Crippen LogP contribution in [-0.4, -0.2) is 15.0 Å². The average Bonchev–Trinajstić information content (AvgIpc) is 3.58. The maximum atomic E-state index is 6.10. The lowest BCUT2D eigenvalue weighted by atomic mass is 9.96. The number of para-hydroxylation sites is 1. The number of aromatic nitrogens is 3. The summed E-state index contributed by atoms with van der Waals surface area (Å²) >= 11 is 0. The summed E-state index contributed by atoms with van der Waals surface area (Å²) in [7, 11) is 0. The summed E-state index contributed by atoms with van der Waals surface area (Å²) < 4.78 is 6.10. The Morgan fingerprint density at radius 3 is 1.47 bits per heavy atom. The Labute approximate surface area is 294 Å². The molecule has 10 aromatic rings. The fourth-order valence-electron chi connectivity index (χ4n) is 7.03. The summed E-state index contributed by atoms with van der Waals surface area (Å²) in [5.41, 5.74) is 9.14. The highest BCUT2D eigenvalue weighted by atomic mass is 16.3. The molecule has 0 unspecified atom stereocenters. The summed E-state index contributed by atoms with van der Waals surface area (Å²) in [6, 6.07) is 61.4. The molecule has 10 rings (SSSR count). The number of nitrogens with zero attached hydrogens (tertiary/aromatic N) is 3. The molecular weight excluding hydrogens is 623 g/mol. The maximum absolute atomic E-state index is 6.10. The van der Waals surface area contributed by atoms with Gasteiger partial charge in [-0.15, -0.1) is 0 Å². The van der Waals surface area contributed by atoms with Crippen molar-refractivity contribution in [2.75, 3.05) is 0 Å². The van der Waals surface area contributed by atoms with E-state index in [0.717, 1.165) is 49.8 Å². The number of fused-ring (bicyclic) bond motifs is 5. The first-order valence-electron chi connectivity index (χ1n) is 17.1. The van der Waals surface area contributed by atoms with Gasteiger partial charge in [-0.3, -0.25) is 0 Å². The zero-order valence-electron chi connectivity index (χ0n) is 27.5. The highest BCUT2D eigenvalue weighted by Gasteiger charge is 2.15. The monoisotopic (exact) mass is 651 g/mol. The maximum Gasteiger partial charge on any atom is 0.164 e. The van der Waals surface area contributed by atoms with Gasteiger partial charge in [0.1, 0.15) is 11.2 Å². The Hall–Kier alpha value is -6.91. The second-order valence-electron chi connectivity index (χ2n) is 12.9. The first-order valence-corrected chi connectivity index (χ1v) is 17.1. The third kappa shape index (κ3) is 5.31. The van der Waals surface area contributed by atoms with E-state index in [-0.39, 0.29) is 0 Å². The Morgan fingerprint density at radius 2 is 0.745 bits per heavy atom. The van der Waals surface area contributed by atoms with Gasteiger partial charge in [0.05, 0.1) is 0 Å². The van der Waals surface area contributed by atoms with E-state index < -0.39 is 0 Å². The van der Waals surface area contributed by atoms with E-state index in [1.54, 1.807) is 0 Å². The molecule has 0 radical (unpaired) electrons. The highest BCUT2D eigenvalue weighted by Crippen LogP contribution is 2.34. The zero-order valence-corrected chi connectivity index (χ0v) is 27.5. The molecule has 0 atom stereocenters. The smallest absolute Gasteiger partial charge is 0.164 e. The predicted molar refractivity (Wildman–Crippen MR) is 209 cm³/mol. The van der Waals surface area contributed by atoms with Gasteiger partial charge in [0, 0.05) is 27.5 Å². The number of hydrogen-bond acceptors (Lipinski definition) is 4. The fourth-order valence-corrected chi connectivity index (χ4v) is 7.03. The molecule has 238 valence electrons. The van der Waals surface area contributed by atoms with Crippen LogP contribution in [0.5, 0.6) is 0 Å². The van der Waals surface area contributed by atoms with Crippen molar-refractivity contribution in [3.63, 3.8) is 0 Å². The summed E-state index contributed by atoms with van der Waals surface area (Å²) in [6.07, 6.45) is 0. The van der Waals surface area contributed by atoms with Gasteiger partial charge in [-0.1, -0.05) is 127 Å². The van der Waals surface area contributed by atoms with Crippen molar-refractivity contribution < 1.29 is 4.42 Å². The van der Waals surface area contributed by atoms with Gasteiger partial charge in [0.25, 0.3) is 0 Å². The van der Waals surface area contributed by atoms with Crippen LogP contribution in [0.1, 0.15) is 0 Å². The Bertz CT molecular complexity index is 2930. The van der Waals surface area contributed by atoms with Gasteiger partial charge in [-0.25, -0.2) is 15.0 Å². The zero-order chi connectivity index (χ0) is 33.7. The number of furan rings is 1. The van der Waals surface area contributed by atoms with Crippen molar-refractivity contribution in [3.05, 3.63) is 176 Å². The van der Waals surface area contributed by atoms with Crippen molar-refractivity contribution in [3.8, 4) is 56.4 Å². The molecule has 0 aliphatic rings. The lowest BCUT2D eigenvalue weighted by molar-refractivity contribution is 0.669. The molecule has 0 amide bonds. The average molecular weight is 652 g/mol. The molecular formula is C47H29N3O. The van der Waals surface area contributed by atoms with E-state index >= 15 is 0 Å². The molecule has 0 spiro atoms. The predicted octanol–water partition coefficient (Wildman–Crippen LogP) is 12.4.